The second kappa shape index (κ2) is 6.14. The number of carbonyl (C=O) groups excluding carboxylic acids is 1. The Morgan fingerprint density at radius 1 is 1.58 bits per heavy atom. The molecule has 0 aromatic carbocycles. The molecule has 0 unspecified atom stereocenters. The van der Waals surface area contributed by atoms with Gasteiger partial charge in [-0.2, -0.15) is 0 Å². The Balaban J connectivity index is 2.11. The smallest absolute Gasteiger partial charge is 0.319 e. The number of hydrogen-bond donors (Lipinski definition) is 0. The molecule has 0 spiro atoms. The Hall–Kier alpha value is -1.43. The summed E-state index contributed by atoms with van der Waals surface area (Å²) in [6, 6.07) is 0.181. The van der Waals surface area contributed by atoms with E-state index in [0.29, 0.717) is 12.5 Å². The molecule has 1 aliphatic heterocycles. The van der Waals surface area contributed by atoms with Crippen molar-refractivity contribution in [2.24, 2.45) is 5.92 Å². The Kier molecular flexibility index (Phi) is 4.52. The van der Waals surface area contributed by atoms with E-state index in [1.54, 1.807) is 6.33 Å². The van der Waals surface area contributed by atoms with Gasteiger partial charge in [-0.15, -0.1) is 10.2 Å². The monoisotopic (exact) mass is 266 g/mol. The van der Waals surface area contributed by atoms with Crippen molar-refractivity contribution in [2.45, 2.75) is 39.3 Å². The molecule has 2 heterocycles. The normalized spacial score (nSPS) is 20.1. The van der Waals surface area contributed by atoms with Crippen molar-refractivity contribution < 1.29 is 9.53 Å². The fourth-order valence-electron chi connectivity index (χ4n) is 2.59. The molecule has 6 nitrogen and oxygen atoms in total. The number of nitrogens with zero attached hydrogens (tertiary/aromatic N) is 4. The van der Waals surface area contributed by atoms with Crippen LogP contribution in [0.5, 0.6) is 0 Å². The van der Waals surface area contributed by atoms with Crippen molar-refractivity contribution in [2.75, 3.05) is 20.2 Å². The van der Waals surface area contributed by atoms with Crippen LogP contribution >= 0.6 is 0 Å². The standard InChI is InChI=1S/C13H22N4O2/c1-10(2)7-17-9-14-15-13(17)11-5-4-6-16(11)8-12(18)19-3/h9-11H,4-8H2,1-3H3/t11-/m1/s1. The van der Waals surface area contributed by atoms with Crippen molar-refractivity contribution in [3.05, 3.63) is 12.2 Å². The molecular weight excluding hydrogens is 244 g/mol. The minimum absolute atomic E-state index is 0.181. The molecule has 1 fully saturated rings. The van der Waals surface area contributed by atoms with E-state index in [2.05, 4.69) is 33.5 Å². The third-order valence-electron chi connectivity index (χ3n) is 3.43. The largest absolute Gasteiger partial charge is 0.468 e. The molecule has 0 N–H and O–H groups in total. The van der Waals surface area contributed by atoms with Gasteiger partial charge in [-0.1, -0.05) is 13.8 Å². The predicted molar refractivity (Wildman–Crippen MR) is 70.4 cm³/mol. The third-order valence-corrected chi connectivity index (χ3v) is 3.43. The molecule has 1 atom stereocenters. The highest BCUT2D eigenvalue weighted by molar-refractivity contribution is 5.71. The first kappa shape index (κ1) is 14.0. The van der Waals surface area contributed by atoms with E-state index in [1.165, 1.54) is 7.11 Å². The quantitative estimate of drug-likeness (QED) is 0.751. The Labute approximate surface area is 113 Å². The molecule has 0 aliphatic carbocycles. The Bertz CT molecular complexity index is 430. The average Bonchev–Trinajstić information content (AvgIpc) is 2.97. The number of esters is 1. The summed E-state index contributed by atoms with van der Waals surface area (Å²) >= 11 is 0. The van der Waals surface area contributed by atoms with Crippen LogP contribution in [0, 0.1) is 5.92 Å². The highest BCUT2D eigenvalue weighted by Gasteiger charge is 2.31. The maximum Gasteiger partial charge on any atom is 0.319 e. The predicted octanol–water partition coefficient (Wildman–Crippen LogP) is 1.24. The number of methoxy groups -OCH3 is 1. The average molecular weight is 266 g/mol. The van der Waals surface area contributed by atoms with E-state index in [9.17, 15) is 4.79 Å². The molecule has 1 saturated heterocycles. The van der Waals surface area contributed by atoms with Crippen LogP contribution in [0.1, 0.15) is 38.6 Å². The first-order valence-corrected chi connectivity index (χ1v) is 6.80. The number of likely N-dealkylation sites (tertiary alicyclic amines) is 1. The van der Waals surface area contributed by atoms with Crippen molar-refractivity contribution >= 4 is 5.97 Å². The fraction of sp³-hybridized carbons (Fsp3) is 0.769. The van der Waals surface area contributed by atoms with Gasteiger partial charge in [0.2, 0.25) is 0 Å². The second-order valence-electron chi connectivity index (χ2n) is 5.44. The Morgan fingerprint density at radius 2 is 2.37 bits per heavy atom. The molecule has 1 aromatic rings. The zero-order valence-corrected chi connectivity index (χ0v) is 11.9. The van der Waals surface area contributed by atoms with Crippen LogP contribution in [0.2, 0.25) is 0 Å². The maximum atomic E-state index is 11.4. The van der Waals surface area contributed by atoms with Gasteiger partial charge in [0.05, 0.1) is 19.7 Å². The van der Waals surface area contributed by atoms with Crippen LogP contribution in [0.3, 0.4) is 0 Å². The number of hydrogen-bond acceptors (Lipinski definition) is 5. The topological polar surface area (TPSA) is 60.2 Å². The zero-order valence-electron chi connectivity index (χ0n) is 11.9. The number of rotatable bonds is 5. The van der Waals surface area contributed by atoms with Gasteiger partial charge in [-0.25, -0.2) is 0 Å². The van der Waals surface area contributed by atoms with Gasteiger partial charge in [0.25, 0.3) is 0 Å². The lowest BCUT2D eigenvalue weighted by Crippen LogP contribution is -2.31. The lowest BCUT2D eigenvalue weighted by Gasteiger charge is -2.23. The molecule has 106 valence electrons. The highest BCUT2D eigenvalue weighted by atomic mass is 16.5. The summed E-state index contributed by atoms with van der Waals surface area (Å²) in [6.07, 6.45) is 3.88. The van der Waals surface area contributed by atoms with Crippen LogP contribution in [0.25, 0.3) is 0 Å². The van der Waals surface area contributed by atoms with E-state index in [1.807, 2.05) is 0 Å². The van der Waals surface area contributed by atoms with Crippen LogP contribution in [-0.4, -0.2) is 45.8 Å². The summed E-state index contributed by atoms with van der Waals surface area (Å²) in [6.45, 7) is 6.49. The molecule has 19 heavy (non-hydrogen) atoms. The summed E-state index contributed by atoms with van der Waals surface area (Å²) < 4.78 is 6.85. The minimum atomic E-state index is -0.193. The minimum Gasteiger partial charge on any atom is -0.468 e. The number of ether oxygens (including phenoxy) is 1. The summed E-state index contributed by atoms with van der Waals surface area (Å²) in [7, 11) is 1.43. The first-order chi connectivity index (χ1) is 9.11. The highest BCUT2D eigenvalue weighted by Crippen LogP contribution is 2.30. The number of carbonyl (C=O) groups is 1. The first-order valence-electron chi connectivity index (χ1n) is 6.80. The lowest BCUT2D eigenvalue weighted by molar-refractivity contribution is -0.142. The summed E-state index contributed by atoms with van der Waals surface area (Å²) in [5.74, 6) is 1.32. The lowest BCUT2D eigenvalue weighted by atomic mass is 10.2. The van der Waals surface area contributed by atoms with E-state index in [-0.39, 0.29) is 12.0 Å². The van der Waals surface area contributed by atoms with Gasteiger partial charge in [0, 0.05) is 6.54 Å². The third kappa shape index (κ3) is 3.32. The van der Waals surface area contributed by atoms with E-state index >= 15 is 0 Å². The Morgan fingerprint density at radius 3 is 3.05 bits per heavy atom. The molecule has 2 rings (SSSR count). The van der Waals surface area contributed by atoms with Gasteiger partial charge in [-0.3, -0.25) is 9.69 Å². The molecule has 6 heteroatoms. The molecule has 0 radical (unpaired) electrons. The zero-order chi connectivity index (χ0) is 13.8. The van der Waals surface area contributed by atoms with Crippen LogP contribution in [-0.2, 0) is 16.1 Å². The summed E-state index contributed by atoms with van der Waals surface area (Å²) in [4.78, 5) is 13.6. The summed E-state index contributed by atoms with van der Waals surface area (Å²) in [5.41, 5.74) is 0. The van der Waals surface area contributed by atoms with E-state index in [0.717, 1.165) is 31.8 Å². The molecular formula is C13H22N4O2. The van der Waals surface area contributed by atoms with Gasteiger partial charge in [0.15, 0.2) is 0 Å². The molecule has 0 saturated carbocycles. The van der Waals surface area contributed by atoms with Crippen molar-refractivity contribution in [1.82, 2.24) is 19.7 Å². The van der Waals surface area contributed by atoms with Gasteiger partial charge < -0.3 is 9.30 Å². The fourth-order valence-corrected chi connectivity index (χ4v) is 2.59. The van der Waals surface area contributed by atoms with Crippen LogP contribution < -0.4 is 0 Å². The maximum absolute atomic E-state index is 11.4. The van der Waals surface area contributed by atoms with Gasteiger partial charge >= 0.3 is 5.97 Å². The number of aromatic nitrogens is 3. The SMILES string of the molecule is COC(=O)CN1CCC[C@@H]1c1nncn1CC(C)C. The van der Waals surface area contributed by atoms with Crippen molar-refractivity contribution in [3.63, 3.8) is 0 Å². The van der Waals surface area contributed by atoms with Gasteiger partial charge in [-0.05, 0) is 25.3 Å². The van der Waals surface area contributed by atoms with Gasteiger partial charge in [0.1, 0.15) is 12.2 Å². The summed E-state index contributed by atoms with van der Waals surface area (Å²) in [5, 5.41) is 8.28. The van der Waals surface area contributed by atoms with Crippen molar-refractivity contribution in [1.29, 1.82) is 0 Å². The second-order valence-corrected chi connectivity index (χ2v) is 5.44. The molecule has 0 amide bonds. The van der Waals surface area contributed by atoms with Crippen LogP contribution in [0.4, 0.5) is 0 Å². The molecule has 0 bridgehead atoms. The molecule has 1 aromatic heterocycles. The van der Waals surface area contributed by atoms with E-state index < -0.39 is 0 Å². The van der Waals surface area contributed by atoms with E-state index in [4.69, 9.17) is 4.74 Å². The van der Waals surface area contributed by atoms with Crippen LogP contribution in [0.15, 0.2) is 6.33 Å². The molecule has 1 aliphatic rings. The van der Waals surface area contributed by atoms with Crippen molar-refractivity contribution in [3.8, 4) is 0 Å².